The van der Waals surface area contributed by atoms with Crippen molar-refractivity contribution in [3.8, 4) is 5.88 Å². The van der Waals surface area contributed by atoms with Crippen LogP contribution >= 0.6 is 0 Å². The fourth-order valence-electron chi connectivity index (χ4n) is 2.50. The highest BCUT2D eigenvalue weighted by molar-refractivity contribution is 6.02. The lowest BCUT2D eigenvalue weighted by Crippen LogP contribution is -2.48. The molecule has 1 atom stereocenters. The largest absolute Gasteiger partial charge is 0.481 e. The molecule has 0 unspecified atom stereocenters. The topological polar surface area (TPSA) is 77.5 Å². The molecule has 1 aromatic heterocycles. The van der Waals surface area contributed by atoms with Crippen LogP contribution in [0.25, 0.3) is 0 Å². The number of nitrogens with one attached hydrogen (secondary N) is 1. The molecule has 0 bridgehead atoms. The van der Waals surface area contributed by atoms with Crippen molar-refractivity contribution >= 4 is 17.6 Å². The molecular weight excluding hydrogens is 296 g/mol. The summed E-state index contributed by atoms with van der Waals surface area (Å²) in [4.78, 5) is 28.7. The van der Waals surface area contributed by atoms with Gasteiger partial charge in [0.25, 0.3) is 5.91 Å². The van der Waals surface area contributed by atoms with E-state index in [1.54, 1.807) is 31.2 Å². The molecule has 6 heteroatoms. The summed E-state index contributed by atoms with van der Waals surface area (Å²) in [5.41, 5.74) is 0.552. The zero-order chi connectivity index (χ0) is 16.4. The smallest absolute Gasteiger partial charge is 0.339 e. The third-order valence-corrected chi connectivity index (χ3v) is 3.77. The van der Waals surface area contributed by atoms with E-state index in [1.165, 1.54) is 13.3 Å². The molecule has 1 aliphatic rings. The Morgan fingerprint density at radius 2 is 2.09 bits per heavy atom. The number of hydrogen-bond donors (Lipinski definition) is 1. The van der Waals surface area contributed by atoms with Crippen LogP contribution in [0.4, 0.5) is 5.69 Å². The number of esters is 1. The van der Waals surface area contributed by atoms with E-state index in [0.29, 0.717) is 23.6 Å². The number of benzene rings is 1. The van der Waals surface area contributed by atoms with Crippen LogP contribution in [0.5, 0.6) is 5.88 Å². The number of nitrogens with zero attached hydrogens (tertiary/aromatic N) is 1. The van der Waals surface area contributed by atoms with Crippen molar-refractivity contribution in [3.05, 3.63) is 53.7 Å². The summed E-state index contributed by atoms with van der Waals surface area (Å²) in [7, 11) is 1.51. The number of anilines is 1. The lowest BCUT2D eigenvalue weighted by Gasteiger charge is -2.32. The van der Waals surface area contributed by atoms with E-state index in [0.717, 1.165) is 5.56 Å². The number of carbonyl (C=O) groups is 2. The molecule has 0 spiro atoms. The van der Waals surface area contributed by atoms with Crippen molar-refractivity contribution in [2.45, 2.75) is 18.9 Å². The number of rotatable bonds is 3. The van der Waals surface area contributed by atoms with Crippen LogP contribution in [-0.2, 0) is 16.0 Å². The second kappa shape index (κ2) is 5.72. The second-order valence-electron chi connectivity index (χ2n) is 5.50. The molecule has 23 heavy (non-hydrogen) atoms. The molecule has 0 fully saturated rings. The van der Waals surface area contributed by atoms with Gasteiger partial charge in [-0.3, -0.25) is 4.79 Å². The molecule has 0 saturated carbocycles. The Bertz CT molecular complexity index is 757. The Hall–Kier alpha value is -2.89. The summed E-state index contributed by atoms with van der Waals surface area (Å²) < 4.78 is 10.4. The van der Waals surface area contributed by atoms with Gasteiger partial charge in [-0.2, -0.15) is 0 Å². The molecule has 0 aliphatic carbocycles. The first-order valence-corrected chi connectivity index (χ1v) is 7.14. The lowest BCUT2D eigenvalue weighted by molar-refractivity contribution is -0.134. The van der Waals surface area contributed by atoms with E-state index in [1.807, 2.05) is 12.1 Å². The van der Waals surface area contributed by atoms with Gasteiger partial charge in [0.2, 0.25) is 5.88 Å². The van der Waals surface area contributed by atoms with Crippen molar-refractivity contribution in [3.63, 3.8) is 0 Å². The third-order valence-electron chi connectivity index (χ3n) is 3.77. The van der Waals surface area contributed by atoms with Crippen molar-refractivity contribution in [2.24, 2.45) is 0 Å². The third kappa shape index (κ3) is 2.88. The molecule has 6 nitrogen and oxygen atoms in total. The Balaban J connectivity index is 1.80. The molecule has 0 saturated heterocycles. The number of pyridine rings is 1. The normalized spacial score (nSPS) is 19.5. The second-order valence-corrected chi connectivity index (χ2v) is 5.50. The summed E-state index contributed by atoms with van der Waals surface area (Å²) >= 11 is 0. The SMILES string of the molecule is COc1ccc(NC(=O)[C@@]2(C)Cc3ccccc3C(=O)O2)cn1. The van der Waals surface area contributed by atoms with Crippen molar-refractivity contribution in [1.29, 1.82) is 0 Å². The maximum Gasteiger partial charge on any atom is 0.339 e. The fourth-order valence-corrected chi connectivity index (χ4v) is 2.50. The van der Waals surface area contributed by atoms with Crippen molar-refractivity contribution in [1.82, 2.24) is 4.98 Å². The number of methoxy groups -OCH3 is 1. The number of hydrogen-bond acceptors (Lipinski definition) is 5. The summed E-state index contributed by atoms with van der Waals surface area (Å²) in [5, 5.41) is 2.72. The number of fused-ring (bicyclic) bond motifs is 1. The van der Waals surface area contributed by atoms with Crippen LogP contribution in [0.3, 0.4) is 0 Å². The van der Waals surface area contributed by atoms with Gasteiger partial charge in [-0.1, -0.05) is 18.2 Å². The van der Waals surface area contributed by atoms with E-state index < -0.39 is 17.5 Å². The standard InChI is InChI=1S/C17H16N2O4/c1-17(9-11-5-3-4-6-13(11)15(20)23-17)16(21)19-12-7-8-14(22-2)18-10-12/h3-8,10H,9H2,1-2H3,(H,19,21)/t17-/m1/s1. The molecule has 118 valence electrons. The van der Waals surface area contributed by atoms with Crippen LogP contribution in [-0.4, -0.2) is 29.6 Å². The van der Waals surface area contributed by atoms with Gasteiger partial charge in [0.1, 0.15) is 0 Å². The Morgan fingerprint density at radius 1 is 1.30 bits per heavy atom. The first-order chi connectivity index (χ1) is 11.0. The quantitative estimate of drug-likeness (QED) is 0.879. The summed E-state index contributed by atoms with van der Waals surface area (Å²) in [6.45, 7) is 1.60. The van der Waals surface area contributed by atoms with E-state index in [2.05, 4.69) is 10.3 Å². The van der Waals surface area contributed by atoms with E-state index in [9.17, 15) is 9.59 Å². The zero-order valence-corrected chi connectivity index (χ0v) is 12.8. The molecule has 1 amide bonds. The summed E-state index contributed by atoms with van der Waals surface area (Å²) in [6, 6.07) is 10.4. The molecule has 1 N–H and O–H groups in total. The number of ether oxygens (including phenoxy) is 2. The molecule has 3 rings (SSSR count). The highest BCUT2D eigenvalue weighted by atomic mass is 16.6. The van der Waals surface area contributed by atoms with Gasteiger partial charge < -0.3 is 14.8 Å². The molecule has 0 radical (unpaired) electrons. The zero-order valence-electron chi connectivity index (χ0n) is 12.8. The van der Waals surface area contributed by atoms with Crippen LogP contribution < -0.4 is 10.1 Å². The number of cyclic esters (lactones) is 1. The van der Waals surface area contributed by atoms with Crippen LogP contribution in [0, 0.1) is 0 Å². The first kappa shape index (κ1) is 15.0. The maximum absolute atomic E-state index is 12.6. The summed E-state index contributed by atoms with van der Waals surface area (Å²) in [6.07, 6.45) is 1.81. The average Bonchev–Trinajstić information content (AvgIpc) is 2.55. The van der Waals surface area contributed by atoms with Gasteiger partial charge in [-0.25, -0.2) is 9.78 Å². The van der Waals surface area contributed by atoms with E-state index >= 15 is 0 Å². The monoisotopic (exact) mass is 312 g/mol. The minimum Gasteiger partial charge on any atom is -0.481 e. The lowest BCUT2D eigenvalue weighted by atomic mass is 9.89. The number of aromatic nitrogens is 1. The molecule has 2 aromatic rings. The highest BCUT2D eigenvalue weighted by Crippen LogP contribution is 2.29. The van der Waals surface area contributed by atoms with Gasteiger partial charge >= 0.3 is 5.97 Å². The molecule has 2 heterocycles. The Morgan fingerprint density at radius 3 is 2.78 bits per heavy atom. The predicted octanol–water partition coefficient (Wildman–Crippen LogP) is 2.20. The Kier molecular flexibility index (Phi) is 3.73. The van der Waals surface area contributed by atoms with Gasteiger partial charge in [0.15, 0.2) is 5.60 Å². The van der Waals surface area contributed by atoms with E-state index in [-0.39, 0.29) is 0 Å². The summed E-state index contributed by atoms with van der Waals surface area (Å²) in [5.74, 6) is -0.433. The van der Waals surface area contributed by atoms with Crippen molar-refractivity contribution < 1.29 is 19.1 Å². The minimum atomic E-state index is -1.26. The Labute approximate surface area is 133 Å². The van der Waals surface area contributed by atoms with Gasteiger partial charge in [0.05, 0.1) is 24.6 Å². The highest BCUT2D eigenvalue weighted by Gasteiger charge is 2.42. The van der Waals surface area contributed by atoms with Crippen LogP contribution in [0.2, 0.25) is 0 Å². The van der Waals surface area contributed by atoms with Crippen LogP contribution in [0.15, 0.2) is 42.6 Å². The molecular formula is C17H16N2O4. The fraction of sp³-hybridized carbons (Fsp3) is 0.235. The minimum absolute atomic E-state index is 0.324. The van der Waals surface area contributed by atoms with Gasteiger partial charge in [0, 0.05) is 12.5 Å². The number of amides is 1. The van der Waals surface area contributed by atoms with Gasteiger partial charge in [-0.15, -0.1) is 0 Å². The molecule has 1 aliphatic heterocycles. The first-order valence-electron chi connectivity index (χ1n) is 7.14. The maximum atomic E-state index is 12.6. The number of carbonyl (C=O) groups excluding carboxylic acids is 2. The van der Waals surface area contributed by atoms with Gasteiger partial charge in [-0.05, 0) is 24.6 Å². The van der Waals surface area contributed by atoms with Crippen molar-refractivity contribution in [2.75, 3.05) is 12.4 Å². The predicted molar refractivity (Wildman–Crippen MR) is 83.4 cm³/mol. The molecule has 1 aromatic carbocycles. The average molecular weight is 312 g/mol. The van der Waals surface area contributed by atoms with Crippen LogP contribution in [0.1, 0.15) is 22.8 Å². The van der Waals surface area contributed by atoms with E-state index in [4.69, 9.17) is 9.47 Å².